The number of rotatable bonds is 8. The number of aliphatic carboxylic acids is 1. The van der Waals surface area contributed by atoms with Crippen molar-refractivity contribution in [3.8, 4) is 0 Å². The number of hydrogen-bond acceptors (Lipinski definition) is 5. The van der Waals surface area contributed by atoms with E-state index in [1.54, 1.807) is 30.3 Å². The molecule has 1 amide bonds. The molecule has 140 valence electrons. The van der Waals surface area contributed by atoms with E-state index in [1.165, 1.54) is 19.1 Å². The van der Waals surface area contributed by atoms with Crippen molar-refractivity contribution in [3.05, 3.63) is 59.5 Å². The number of nitrogens with one attached hydrogen (secondary N) is 2. The first-order chi connectivity index (χ1) is 12.2. The van der Waals surface area contributed by atoms with Crippen LogP contribution in [-0.4, -0.2) is 31.7 Å². The number of carboxylic acids is 1. The van der Waals surface area contributed by atoms with Gasteiger partial charge in [-0.2, -0.15) is 0 Å². The Hall–Kier alpha value is -2.65. The molecule has 2 unspecified atom stereocenters. The smallest absolute Gasteiger partial charge is 0.308 e. The normalized spacial score (nSPS) is 13.8. The van der Waals surface area contributed by atoms with Gasteiger partial charge in [-0.1, -0.05) is 30.3 Å². The third-order valence-electron chi connectivity index (χ3n) is 3.73. The Morgan fingerprint density at radius 1 is 1.15 bits per heavy atom. The first-order valence-corrected chi connectivity index (χ1v) is 9.68. The molecule has 0 spiro atoms. The summed E-state index contributed by atoms with van der Waals surface area (Å²) in [5.41, 5.74) is 0.654. The van der Waals surface area contributed by atoms with Crippen LogP contribution in [0.3, 0.4) is 0 Å². The predicted molar refractivity (Wildman–Crippen MR) is 93.8 cm³/mol. The van der Waals surface area contributed by atoms with E-state index in [2.05, 4.69) is 10.0 Å². The van der Waals surface area contributed by atoms with Crippen LogP contribution >= 0.6 is 0 Å². The molecule has 0 saturated carbocycles. The van der Waals surface area contributed by atoms with E-state index in [9.17, 15) is 23.1 Å². The molecule has 2 rings (SSSR count). The van der Waals surface area contributed by atoms with Crippen LogP contribution in [0.4, 0.5) is 0 Å². The maximum atomic E-state index is 12.4. The van der Waals surface area contributed by atoms with Crippen molar-refractivity contribution in [2.24, 2.45) is 5.92 Å². The molecule has 0 saturated heterocycles. The third kappa shape index (κ3) is 5.43. The first-order valence-electron chi connectivity index (χ1n) is 7.79. The molecule has 0 bridgehead atoms. The van der Waals surface area contributed by atoms with Gasteiger partial charge in [-0.15, -0.1) is 0 Å². The zero-order chi connectivity index (χ0) is 19.3. The average molecular weight is 380 g/mol. The summed E-state index contributed by atoms with van der Waals surface area (Å²) in [6.07, 6.45) is 1.02. The molecule has 2 atom stereocenters. The molecule has 8 nitrogen and oxygen atoms in total. The largest absolute Gasteiger partial charge is 0.481 e. The summed E-state index contributed by atoms with van der Waals surface area (Å²) < 4.78 is 29.8. The van der Waals surface area contributed by atoms with Gasteiger partial charge in [-0.25, -0.2) is 13.1 Å². The molecule has 0 aliphatic rings. The van der Waals surface area contributed by atoms with Crippen LogP contribution in [0.1, 0.15) is 34.8 Å². The SMILES string of the molecule is CC(C(=O)O)C(NC(=O)c1ccc(CNS(C)(=O)=O)o1)c1ccccc1. The summed E-state index contributed by atoms with van der Waals surface area (Å²) in [7, 11) is -3.38. The number of carbonyl (C=O) groups excluding carboxylic acids is 1. The number of sulfonamides is 1. The summed E-state index contributed by atoms with van der Waals surface area (Å²) >= 11 is 0. The fourth-order valence-corrected chi connectivity index (χ4v) is 2.71. The van der Waals surface area contributed by atoms with Gasteiger partial charge in [-0.05, 0) is 24.6 Å². The molecule has 2 aromatic rings. The summed E-state index contributed by atoms with van der Waals surface area (Å²) in [5, 5.41) is 12.0. The van der Waals surface area contributed by atoms with Crippen LogP contribution in [0.25, 0.3) is 0 Å². The Labute approximate surface area is 151 Å². The molecule has 0 fully saturated rings. The van der Waals surface area contributed by atoms with Crippen LogP contribution in [0.15, 0.2) is 46.9 Å². The number of carboxylic acid groups (broad SMARTS) is 1. The van der Waals surface area contributed by atoms with Gasteiger partial charge in [0.2, 0.25) is 10.0 Å². The predicted octanol–water partition coefficient (Wildman–Crippen LogP) is 1.52. The highest BCUT2D eigenvalue weighted by Gasteiger charge is 2.28. The highest BCUT2D eigenvalue weighted by molar-refractivity contribution is 7.88. The van der Waals surface area contributed by atoms with Crippen molar-refractivity contribution >= 4 is 21.9 Å². The van der Waals surface area contributed by atoms with Crippen molar-refractivity contribution in [1.82, 2.24) is 10.0 Å². The zero-order valence-corrected chi connectivity index (χ0v) is 15.1. The van der Waals surface area contributed by atoms with Gasteiger partial charge < -0.3 is 14.8 Å². The van der Waals surface area contributed by atoms with Gasteiger partial charge >= 0.3 is 5.97 Å². The molecule has 9 heteroatoms. The fraction of sp³-hybridized carbons (Fsp3) is 0.294. The van der Waals surface area contributed by atoms with Gasteiger partial charge in [0.25, 0.3) is 5.91 Å². The lowest BCUT2D eigenvalue weighted by molar-refractivity contribution is -0.142. The molecule has 0 radical (unpaired) electrons. The Morgan fingerprint density at radius 3 is 2.38 bits per heavy atom. The highest BCUT2D eigenvalue weighted by atomic mass is 32.2. The minimum atomic E-state index is -3.38. The fourth-order valence-electron chi connectivity index (χ4n) is 2.31. The van der Waals surface area contributed by atoms with Crippen LogP contribution < -0.4 is 10.0 Å². The van der Waals surface area contributed by atoms with Gasteiger partial charge in [0.05, 0.1) is 24.8 Å². The maximum absolute atomic E-state index is 12.4. The van der Waals surface area contributed by atoms with Crippen molar-refractivity contribution in [2.75, 3.05) is 6.26 Å². The summed E-state index contributed by atoms with van der Waals surface area (Å²) in [6.45, 7) is 1.42. The van der Waals surface area contributed by atoms with E-state index in [-0.39, 0.29) is 18.1 Å². The van der Waals surface area contributed by atoms with E-state index in [4.69, 9.17) is 4.42 Å². The van der Waals surface area contributed by atoms with Crippen LogP contribution in [0.5, 0.6) is 0 Å². The van der Waals surface area contributed by atoms with Gasteiger partial charge in [0, 0.05) is 0 Å². The molecule has 3 N–H and O–H groups in total. The average Bonchev–Trinajstić information content (AvgIpc) is 3.06. The Morgan fingerprint density at radius 2 is 1.81 bits per heavy atom. The lowest BCUT2D eigenvalue weighted by Gasteiger charge is -2.22. The summed E-state index contributed by atoms with van der Waals surface area (Å²) in [4.78, 5) is 23.8. The van der Waals surface area contributed by atoms with Crippen molar-refractivity contribution in [3.63, 3.8) is 0 Å². The van der Waals surface area contributed by atoms with Crippen LogP contribution in [0.2, 0.25) is 0 Å². The molecule has 0 aliphatic carbocycles. The molecule has 26 heavy (non-hydrogen) atoms. The van der Waals surface area contributed by atoms with Crippen molar-refractivity contribution < 1.29 is 27.5 Å². The second-order valence-electron chi connectivity index (χ2n) is 5.85. The maximum Gasteiger partial charge on any atom is 0.308 e. The molecule has 0 aliphatic heterocycles. The standard InChI is InChI=1S/C17H20N2O6S/c1-11(17(21)22)15(12-6-4-3-5-7-12)19-16(20)14-9-8-13(25-14)10-18-26(2,23)24/h3-9,11,15,18H,10H2,1-2H3,(H,19,20)(H,21,22). The molecule has 1 aromatic carbocycles. The van der Waals surface area contributed by atoms with Gasteiger partial charge in [0.15, 0.2) is 5.76 Å². The van der Waals surface area contributed by atoms with Crippen LogP contribution in [-0.2, 0) is 21.4 Å². The number of carbonyl (C=O) groups is 2. The van der Waals surface area contributed by atoms with E-state index in [0.717, 1.165) is 6.26 Å². The Balaban J connectivity index is 2.14. The van der Waals surface area contributed by atoms with Gasteiger partial charge in [-0.3, -0.25) is 9.59 Å². The van der Waals surface area contributed by atoms with Gasteiger partial charge in [0.1, 0.15) is 5.76 Å². The first kappa shape index (κ1) is 19.7. The molecular weight excluding hydrogens is 360 g/mol. The summed E-state index contributed by atoms with van der Waals surface area (Å²) in [5.74, 6) is -2.26. The van der Waals surface area contributed by atoms with Crippen molar-refractivity contribution in [2.45, 2.75) is 19.5 Å². The molecular formula is C17H20N2O6S. The minimum Gasteiger partial charge on any atom is -0.481 e. The topological polar surface area (TPSA) is 126 Å². The highest BCUT2D eigenvalue weighted by Crippen LogP contribution is 2.23. The van der Waals surface area contributed by atoms with Crippen LogP contribution in [0, 0.1) is 5.92 Å². The molecule has 1 heterocycles. The third-order valence-corrected chi connectivity index (χ3v) is 4.40. The number of amides is 1. The quantitative estimate of drug-likeness (QED) is 0.637. The van der Waals surface area contributed by atoms with E-state index < -0.39 is 33.9 Å². The van der Waals surface area contributed by atoms with E-state index in [0.29, 0.717) is 5.56 Å². The second-order valence-corrected chi connectivity index (χ2v) is 7.68. The number of hydrogen-bond donors (Lipinski definition) is 3. The van der Waals surface area contributed by atoms with Crippen molar-refractivity contribution in [1.29, 1.82) is 0 Å². The Kier molecular flexibility index (Phi) is 6.17. The lowest BCUT2D eigenvalue weighted by atomic mass is 9.94. The molecule has 1 aromatic heterocycles. The lowest BCUT2D eigenvalue weighted by Crippen LogP contribution is -2.35. The number of furan rings is 1. The monoisotopic (exact) mass is 380 g/mol. The second kappa shape index (κ2) is 8.15. The van der Waals surface area contributed by atoms with E-state index >= 15 is 0 Å². The van der Waals surface area contributed by atoms with E-state index in [1.807, 2.05) is 0 Å². The zero-order valence-electron chi connectivity index (χ0n) is 14.3. The summed E-state index contributed by atoms with van der Waals surface area (Å²) in [6, 6.07) is 10.9. The Bertz CT molecular complexity index is 876. The number of benzene rings is 1. The minimum absolute atomic E-state index is 0.0335.